The van der Waals surface area contributed by atoms with E-state index in [-0.39, 0.29) is 75.1 Å². The number of nitrogens with zero attached hydrogens (tertiary/aromatic N) is 6. The molecule has 5 amide bonds. The van der Waals surface area contributed by atoms with Crippen LogP contribution in [0.4, 0.5) is 46.0 Å². The molecule has 1 spiro atoms. The number of hydrogen-bond donors (Lipinski definition) is 1. The zero-order valence-corrected chi connectivity index (χ0v) is 62.1. The maximum Gasteiger partial charge on any atom is 0.416 e. The van der Waals surface area contributed by atoms with Crippen LogP contribution in [0.5, 0.6) is 5.75 Å². The Morgan fingerprint density at radius 1 is 0.642 bits per heavy atom. The normalized spacial score (nSPS) is 17.5. The van der Waals surface area contributed by atoms with Crippen LogP contribution in [0.2, 0.25) is 0 Å². The minimum atomic E-state index is -5.15. The van der Waals surface area contributed by atoms with E-state index >= 15 is 0 Å². The third-order valence-corrected chi connectivity index (χ3v) is 21.0. The monoisotopic (exact) mass is 1510 g/mol. The Kier molecular flexibility index (Phi) is 26.0. The van der Waals surface area contributed by atoms with Crippen molar-refractivity contribution in [2.75, 3.05) is 91.7 Å². The van der Waals surface area contributed by atoms with E-state index in [0.717, 1.165) is 64.2 Å². The smallest absolute Gasteiger partial charge is 0.416 e. The molecule has 0 unspecified atom stereocenters. The zero-order chi connectivity index (χ0) is 77.7. The SMILES string of the molecule is CN(CCCCCCC(=O)Oc1ccc(CN(Cc2ccc(C(=O)N(C)CCN3CCC(OC(=O)Nc4ccccc4-c4ccccc4)CC3)cc2)C(=O)OC(C)(C)C)cc1)C(=O)CO[C@H]1Cc2ccccc2C12CCN(CC[C@@]1(c3ccc(F)cc3)CN(C(=O)c3cc(C(F)(F)F)cc(C(F)(F)F)c3)CO1)CC2. The largest absolute Gasteiger partial charge is 0.446 e. The molecule has 4 aliphatic rings. The van der Waals surface area contributed by atoms with Crippen LogP contribution in [0.25, 0.3) is 11.1 Å². The molecule has 0 saturated carbocycles. The van der Waals surface area contributed by atoms with Crippen molar-refractivity contribution in [2.45, 2.75) is 146 Å². The molecular formula is C84H94F7N7O11. The Labute approximate surface area is 631 Å². The minimum Gasteiger partial charge on any atom is -0.446 e. The van der Waals surface area contributed by atoms with Gasteiger partial charge in [-0.1, -0.05) is 122 Å². The molecule has 3 fully saturated rings. The second kappa shape index (κ2) is 35.3. The summed E-state index contributed by atoms with van der Waals surface area (Å²) in [6.07, 6.45) is -5.31. The Morgan fingerprint density at radius 3 is 1.92 bits per heavy atom. The van der Waals surface area contributed by atoms with Crippen molar-refractivity contribution in [1.29, 1.82) is 0 Å². The molecule has 7 aromatic rings. The van der Waals surface area contributed by atoms with Gasteiger partial charge in [0.05, 0.1) is 29.5 Å². The number of piperidine rings is 2. The third kappa shape index (κ3) is 21.2. The molecule has 0 radical (unpaired) electrons. The van der Waals surface area contributed by atoms with Crippen LogP contribution >= 0.6 is 0 Å². The molecule has 0 aromatic heterocycles. The lowest BCUT2D eigenvalue weighted by Gasteiger charge is -2.44. The molecule has 11 rings (SSSR count). The van der Waals surface area contributed by atoms with E-state index < -0.39 is 76.3 Å². The number of carbonyl (C=O) groups excluding carboxylic acids is 6. The second-order valence-corrected chi connectivity index (χ2v) is 29.8. The van der Waals surface area contributed by atoms with Crippen LogP contribution in [0.3, 0.4) is 0 Å². The van der Waals surface area contributed by atoms with Gasteiger partial charge in [-0.3, -0.25) is 29.4 Å². The van der Waals surface area contributed by atoms with Gasteiger partial charge in [0.15, 0.2) is 0 Å². The number of likely N-dealkylation sites (N-methyl/N-ethyl adjacent to an activating group) is 2. The molecule has 18 nitrogen and oxygen atoms in total. The number of nitrogens with one attached hydrogen (secondary N) is 1. The van der Waals surface area contributed by atoms with Gasteiger partial charge in [0, 0.05) is 95.0 Å². The van der Waals surface area contributed by atoms with Gasteiger partial charge >= 0.3 is 30.5 Å². The Bertz CT molecular complexity index is 4250. The molecule has 580 valence electrons. The van der Waals surface area contributed by atoms with Crippen molar-refractivity contribution < 1.29 is 83.2 Å². The number of unbranched alkanes of at least 4 members (excludes halogenated alkanes) is 3. The number of alkyl halides is 6. The van der Waals surface area contributed by atoms with Crippen molar-refractivity contribution >= 4 is 41.6 Å². The average molecular weight is 1510 g/mol. The molecule has 1 N–H and O–H groups in total. The molecule has 3 heterocycles. The molecule has 3 saturated heterocycles. The predicted molar refractivity (Wildman–Crippen MR) is 396 cm³/mol. The lowest BCUT2D eigenvalue weighted by molar-refractivity contribution is -0.143. The summed E-state index contributed by atoms with van der Waals surface area (Å²) in [5.41, 5.74) is 0.976. The number of likely N-dealkylation sites (tertiary alicyclic amines) is 2. The van der Waals surface area contributed by atoms with E-state index in [1.165, 1.54) is 24.3 Å². The van der Waals surface area contributed by atoms with Crippen molar-refractivity contribution in [2.24, 2.45) is 0 Å². The van der Waals surface area contributed by atoms with Gasteiger partial charge in [0.25, 0.3) is 11.8 Å². The highest BCUT2D eigenvalue weighted by molar-refractivity contribution is 5.95. The Hall–Kier alpha value is -9.69. The van der Waals surface area contributed by atoms with Gasteiger partial charge in [-0.25, -0.2) is 14.0 Å². The molecule has 3 aliphatic heterocycles. The summed E-state index contributed by atoms with van der Waals surface area (Å²) in [5, 5.41) is 2.93. The van der Waals surface area contributed by atoms with Crippen molar-refractivity contribution in [3.63, 3.8) is 0 Å². The van der Waals surface area contributed by atoms with Gasteiger partial charge in [-0.15, -0.1) is 0 Å². The lowest BCUT2D eigenvalue weighted by Crippen LogP contribution is -2.50. The van der Waals surface area contributed by atoms with Crippen molar-refractivity contribution in [3.05, 3.63) is 226 Å². The van der Waals surface area contributed by atoms with Crippen molar-refractivity contribution in [1.82, 2.24) is 29.4 Å². The number of fused-ring (bicyclic) bond motifs is 2. The average Bonchev–Trinajstić information content (AvgIpc) is 1.62. The quantitative estimate of drug-likeness (QED) is 0.0223. The van der Waals surface area contributed by atoms with Crippen LogP contribution in [0.1, 0.15) is 145 Å². The summed E-state index contributed by atoms with van der Waals surface area (Å²) in [4.78, 5) is 91.2. The highest BCUT2D eigenvalue weighted by atomic mass is 19.4. The van der Waals surface area contributed by atoms with Crippen LogP contribution in [-0.2, 0) is 71.4 Å². The first-order chi connectivity index (χ1) is 52.0. The van der Waals surface area contributed by atoms with E-state index in [1.807, 2.05) is 78.9 Å². The van der Waals surface area contributed by atoms with Gasteiger partial charge in [0.2, 0.25) is 5.91 Å². The van der Waals surface area contributed by atoms with E-state index in [9.17, 15) is 59.5 Å². The first-order valence-corrected chi connectivity index (χ1v) is 37.1. The molecule has 1 aliphatic carbocycles. The number of amides is 5. The van der Waals surface area contributed by atoms with E-state index in [4.69, 9.17) is 23.7 Å². The van der Waals surface area contributed by atoms with Crippen LogP contribution in [-0.4, -0.2) is 169 Å². The molecule has 2 atom stereocenters. The van der Waals surface area contributed by atoms with Gasteiger partial charge in [-0.2, -0.15) is 26.3 Å². The zero-order valence-electron chi connectivity index (χ0n) is 62.1. The van der Waals surface area contributed by atoms with Crippen molar-refractivity contribution in [3.8, 4) is 16.9 Å². The molecule has 109 heavy (non-hydrogen) atoms. The second-order valence-electron chi connectivity index (χ2n) is 29.8. The standard InChI is InChI=1S/C84H94F7N7O11/c1-80(2,3)109-79(104)97(53-58-24-28-61(29-25-58)76(101)94(5)47-48-95-42-36-69(37-43-95)108-78(103)92-72-22-15-13-20-70(72)60-17-9-8-10-18-60)54-59-26-34-68(35-27-59)107-75(100)23-11-6-7-16-41-93(4)74(99)55-105-73-51-62-19-12-14-21-71(62)81(73)38-44-96(45-39-81)46-40-82(64-30-32-67(85)33-31-64)56-98(57-106-82)77(102)63-49-65(83(86,87)88)52-66(50-63)84(89,90)91/h8-10,12-15,17-22,24-35,49-50,52,69,73H,6-7,11,16,23,36-48,51,53-57H2,1-5H3,(H,92,103)/t73-,82-/m0/s1. The summed E-state index contributed by atoms with van der Waals surface area (Å²) in [6.45, 7) is 9.70. The first kappa shape index (κ1) is 80.3. The molecule has 0 bridgehead atoms. The number of para-hydroxylation sites is 1. The van der Waals surface area contributed by atoms with Crippen LogP contribution in [0, 0.1) is 5.82 Å². The Balaban J connectivity index is 0.583. The number of halogens is 7. The topological polar surface area (TPSA) is 180 Å². The number of benzene rings is 7. The summed E-state index contributed by atoms with van der Waals surface area (Å²) < 4.78 is 127. The third-order valence-electron chi connectivity index (χ3n) is 21.0. The Morgan fingerprint density at radius 2 is 1.26 bits per heavy atom. The van der Waals surface area contributed by atoms with E-state index in [0.29, 0.717) is 119 Å². The van der Waals surface area contributed by atoms with E-state index in [2.05, 4.69) is 27.2 Å². The van der Waals surface area contributed by atoms with E-state index in [1.54, 1.807) is 86.0 Å². The first-order valence-electron chi connectivity index (χ1n) is 37.1. The number of ether oxygens (including phenoxy) is 5. The number of anilines is 1. The maximum atomic E-state index is 14.3. The maximum absolute atomic E-state index is 14.3. The lowest BCUT2D eigenvalue weighted by atomic mass is 9.72. The predicted octanol–water partition coefficient (Wildman–Crippen LogP) is 16.0. The molecule has 25 heteroatoms. The highest BCUT2D eigenvalue weighted by Crippen LogP contribution is 2.49. The number of hydrogen-bond acceptors (Lipinski definition) is 13. The van der Waals surface area contributed by atoms with Crippen LogP contribution < -0.4 is 10.1 Å². The summed E-state index contributed by atoms with van der Waals surface area (Å²) in [5.74, 6) is -1.95. The molecular weight excluding hydrogens is 1420 g/mol. The number of rotatable bonds is 27. The van der Waals surface area contributed by atoms with Gasteiger partial charge < -0.3 is 48.2 Å². The number of carbonyl (C=O) groups is 6. The summed E-state index contributed by atoms with van der Waals surface area (Å²) in [6, 6.07) is 46.0. The fourth-order valence-corrected chi connectivity index (χ4v) is 14.8. The fourth-order valence-electron chi connectivity index (χ4n) is 14.8. The summed E-state index contributed by atoms with van der Waals surface area (Å²) >= 11 is 0. The fraction of sp³-hybridized carbons (Fsp3) is 0.429. The minimum absolute atomic E-state index is 0.0312. The molecule has 7 aromatic carbocycles. The van der Waals surface area contributed by atoms with Gasteiger partial charge in [-0.05, 0) is 179 Å². The van der Waals surface area contributed by atoms with Gasteiger partial charge in [0.1, 0.15) is 42.2 Å². The van der Waals surface area contributed by atoms with Crippen LogP contribution in [0.15, 0.2) is 170 Å². The summed E-state index contributed by atoms with van der Waals surface area (Å²) in [7, 11) is 3.52. The highest BCUT2D eigenvalue weighted by Gasteiger charge is 2.50. The number of esters is 1.